The molecule has 1 aromatic rings. The molecule has 0 aliphatic rings. The third-order valence-electron chi connectivity index (χ3n) is 1.22. The second-order valence-corrected chi connectivity index (χ2v) is 2.14. The van der Waals surface area contributed by atoms with E-state index in [0.717, 1.165) is 0 Å². The second-order valence-electron chi connectivity index (χ2n) is 2.14. The molecule has 1 rings (SSSR count). The molecule has 11 heavy (non-hydrogen) atoms. The summed E-state index contributed by atoms with van der Waals surface area (Å²) in [5.41, 5.74) is 0. The Labute approximate surface area is 63.5 Å². The summed E-state index contributed by atoms with van der Waals surface area (Å²) >= 11 is 0. The van der Waals surface area contributed by atoms with Crippen LogP contribution in [0.25, 0.3) is 0 Å². The van der Waals surface area contributed by atoms with Gasteiger partial charge in [0.1, 0.15) is 6.04 Å². The normalized spacial score (nSPS) is 12.5. The Morgan fingerprint density at radius 1 is 1.91 bits per heavy atom. The van der Waals surface area contributed by atoms with E-state index in [-0.39, 0.29) is 0 Å². The van der Waals surface area contributed by atoms with E-state index >= 15 is 0 Å². The predicted octanol–water partition coefficient (Wildman–Crippen LogP) is 0.295. The second kappa shape index (κ2) is 3.05. The lowest BCUT2D eigenvalue weighted by molar-refractivity contribution is -0.137. The zero-order chi connectivity index (χ0) is 8.27. The Bertz CT molecular complexity index is 232. The summed E-state index contributed by atoms with van der Waals surface area (Å²) in [5, 5.41) is 11.1. The highest BCUT2D eigenvalue weighted by Gasteiger charge is 2.10. The molecule has 0 saturated carbocycles. The number of carboxylic acids is 1. The maximum atomic E-state index is 10.3. The van der Waals surface area contributed by atoms with E-state index in [4.69, 9.17) is 5.11 Å². The molecule has 0 spiro atoms. The lowest BCUT2D eigenvalue weighted by atomic mass is 10.3. The summed E-state index contributed by atoms with van der Waals surface area (Å²) < 4.78 is 0. The van der Waals surface area contributed by atoms with E-state index in [1.165, 1.54) is 0 Å². The van der Waals surface area contributed by atoms with Crippen LogP contribution in [0.1, 0.15) is 6.92 Å². The smallest absolute Gasteiger partial charge is 0.325 e. The number of aliphatic carboxylic acids is 1. The molecular formula is C6H9N3O2. The van der Waals surface area contributed by atoms with Gasteiger partial charge < -0.3 is 15.4 Å². The van der Waals surface area contributed by atoms with Crippen LogP contribution in [-0.2, 0) is 4.79 Å². The van der Waals surface area contributed by atoms with Crippen LogP contribution >= 0.6 is 0 Å². The monoisotopic (exact) mass is 155 g/mol. The van der Waals surface area contributed by atoms with Gasteiger partial charge in [-0.1, -0.05) is 0 Å². The zero-order valence-corrected chi connectivity index (χ0v) is 6.03. The number of rotatable bonds is 3. The lowest BCUT2D eigenvalue weighted by Crippen LogP contribution is -2.25. The number of aromatic nitrogens is 2. The van der Waals surface area contributed by atoms with Crippen molar-refractivity contribution in [3.63, 3.8) is 0 Å². The van der Waals surface area contributed by atoms with Crippen molar-refractivity contribution in [3.05, 3.63) is 12.4 Å². The van der Waals surface area contributed by atoms with E-state index in [1.807, 2.05) is 0 Å². The van der Waals surface area contributed by atoms with Gasteiger partial charge in [-0.25, -0.2) is 4.98 Å². The molecule has 0 aromatic carbocycles. The van der Waals surface area contributed by atoms with Crippen LogP contribution < -0.4 is 5.32 Å². The van der Waals surface area contributed by atoms with Gasteiger partial charge in [-0.15, -0.1) is 0 Å². The molecule has 0 aliphatic carbocycles. The van der Waals surface area contributed by atoms with Crippen LogP contribution in [0.15, 0.2) is 12.4 Å². The molecule has 1 aromatic heterocycles. The fraction of sp³-hybridized carbons (Fsp3) is 0.333. The van der Waals surface area contributed by atoms with Crippen LogP contribution in [0.4, 0.5) is 5.95 Å². The van der Waals surface area contributed by atoms with Gasteiger partial charge in [-0.2, -0.15) is 0 Å². The molecule has 5 heteroatoms. The van der Waals surface area contributed by atoms with Crippen LogP contribution in [-0.4, -0.2) is 27.1 Å². The van der Waals surface area contributed by atoms with Crippen molar-refractivity contribution in [1.82, 2.24) is 9.97 Å². The molecule has 1 heterocycles. The Kier molecular flexibility index (Phi) is 2.10. The molecule has 0 bridgehead atoms. The predicted molar refractivity (Wildman–Crippen MR) is 39.3 cm³/mol. The standard InChI is InChI=1S/C6H9N3O2/c1-4(5(10)11)9-6-7-2-3-8-6/h2-4H,1H3,(H,10,11)(H2,7,8,9)/t4-/m1/s1. The Morgan fingerprint density at radius 2 is 2.64 bits per heavy atom. The Hall–Kier alpha value is -1.52. The summed E-state index contributed by atoms with van der Waals surface area (Å²) in [5.74, 6) is -0.429. The number of hydrogen-bond acceptors (Lipinski definition) is 3. The minimum atomic E-state index is -0.901. The number of hydrogen-bond donors (Lipinski definition) is 3. The summed E-state index contributed by atoms with van der Waals surface area (Å²) in [6.07, 6.45) is 3.17. The average Bonchev–Trinajstić information content (AvgIpc) is 2.39. The molecule has 1 atom stereocenters. The number of carboxylic acid groups (broad SMARTS) is 1. The summed E-state index contributed by atoms with van der Waals surface area (Å²) in [6.45, 7) is 1.55. The maximum Gasteiger partial charge on any atom is 0.325 e. The Morgan fingerprint density at radius 3 is 3.09 bits per heavy atom. The fourth-order valence-electron chi connectivity index (χ4n) is 0.611. The zero-order valence-electron chi connectivity index (χ0n) is 6.03. The van der Waals surface area contributed by atoms with Crippen LogP contribution in [0.3, 0.4) is 0 Å². The highest BCUT2D eigenvalue weighted by molar-refractivity contribution is 5.75. The molecule has 3 N–H and O–H groups in total. The molecule has 0 radical (unpaired) electrons. The third-order valence-corrected chi connectivity index (χ3v) is 1.22. The van der Waals surface area contributed by atoms with E-state index in [0.29, 0.717) is 5.95 Å². The molecule has 5 nitrogen and oxygen atoms in total. The average molecular weight is 155 g/mol. The van der Waals surface area contributed by atoms with Crippen molar-refractivity contribution in [2.75, 3.05) is 5.32 Å². The fourth-order valence-corrected chi connectivity index (χ4v) is 0.611. The van der Waals surface area contributed by atoms with Gasteiger partial charge in [-0.3, -0.25) is 4.79 Å². The topological polar surface area (TPSA) is 78.0 Å². The van der Waals surface area contributed by atoms with Crippen LogP contribution in [0.5, 0.6) is 0 Å². The first-order valence-corrected chi connectivity index (χ1v) is 3.19. The first-order valence-electron chi connectivity index (χ1n) is 3.19. The number of H-pyrrole nitrogens is 1. The van der Waals surface area contributed by atoms with Gasteiger partial charge in [0.15, 0.2) is 0 Å². The van der Waals surface area contributed by atoms with Crippen molar-refractivity contribution in [2.45, 2.75) is 13.0 Å². The number of aromatic amines is 1. The third kappa shape index (κ3) is 1.96. The number of anilines is 1. The van der Waals surface area contributed by atoms with Gasteiger partial charge in [-0.05, 0) is 6.92 Å². The first-order chi connectivity index (χ1) is 5.20. The number of carbonyl (C=O) groups is 1. The number of nitrogens with one attached hydrogen (secondary N) is 2. The summed E-state index contributed by atoms with van der Waals surface area (Å²) in [6, 6.07) is -0.624. The molecule has 0 saturated heterocycles. The molecule has 0 amide bonds. The van der Waals surface area contributed by atoms with E-state index in [2.05, 4.69) is 15.3 Å². The minimum absolute atomic E-state index is 0.472. The van der Waals surface area contributed by atoms with Gasteiger partial charge in [0.05, 0.1) is 0 Å². The molecule has 0 unspecified atom stereocenters. The first kappa shape index (κ1) is 7.59. The van der Waals surface area contributed by atoms with Gasteiger partial charge in [0, 0.05) is 12.4 Å². The minimum Gasteiger partial charge on any atom is -0.480 e. The highest BCUT2D eigenvalue weighted by atomic mass is 16.4. The van der Waals surface area contributed by atoms with E-state index < -0.39 is 12.0 Å². The number of nitrogens with zero attached hydrogens (tertiary/aromatic N) is 1. The summed E-state index contributed by atoms with van der Waals surface area (Å²) in [7, 11) is 0. The number of imidazole rings is 1. The lowest BCUT2D eigenvalue weighted by Gasteiger charge is -2.05. The SMILES string of the molecule is C[C@@H](Nc1ncc[nH]1)C(=O)O. The van der Waals surface area contributed by atoms with Crippen LogP contribution in [0.2, 0.25) is 0 Å². The summed E-state index contributed by atoms with van der Waals surface area (Å²) in [4.78, 5) is 16.9. The largest absolute Gasteiger partial charge is 0.480 e. The maximum absolute atomic E-state index is 10.3. The van der Waals surface area contributed by atoms with Gasteiger partial charge in [0.2, 0.25) is 5.95 Å². The van der Waals surface area contributed by atoms with Gasteiger partial charge >= 0.3 is 5.97 Å². The van der Waals surface area contributed by atoms with E-state index in [9.17, 15) is 4.79 Å². The van der Waals surface area contributed by atoms with Gasteiger partial charge in [0.25, 0.3) is 0 Å². The molecule has 60 valence electrons. The van der Waals surface area contributed by atoms with E-state index in [1.54, 1.807) is 19.3 Å². The molecule has 0 fully saturated rings. The molecule has 0 aliphatic heterocycles. The quantitative estimate of drug-likeness (QED) is 0.586. The van der Waals surface area contributed by atoms with Crippen molar-refractivity contribution in [1.29, 1.82) is 0 Å². The van der Waals surface area contributed by atoms with Crippen molar-refractivity contribution < 1.29 is 9.90 Å². The highest BCUT2D eigenvalue weighted by Crippen LogP contribution is 1.97. The van der Waals surface area contributed by atoms with Crippen molar-refractivity contribution >= 4 is 11.9 Å². The van der Waals surface area contributed by atoms with Crippen molar-refractivity contribution in [2.24, 2.45) is 0 Å². The Balaban J connectivity index is 2.50. The molecular weight excluding hydrogens is 146 g/mol. The van der Waals surface area contributed by atoms with Crippen molar-refractivity contribution in [3.8, 4) is 0 Å². The van der Waals surface area contributed by atoms with Crippen LogP contribution in [0, 0.1) is 0 Å².